The lowest BCUT2D eigenvalue weighted by atomic mass is 9.94. The topological polar surface area (TPSA) is 109 Å². The van der Waals surface area contributed by atoms with Crippen molar-refractivity contribution in [3.8, 4) is 34.4 Å². The summed E-state index contributed by atoms with van der Waals surface area (Å²) in [6.07, 6.45) is 0. The van der Waals surface area contributed by atoms with Crippen LogP contribution in [0.1, 0.15) is 18.5 Å². The van der Waals surface area contributed by atoms with Crippen molar-refractivity contribution in [2.45, 2.75) is 13.0 Å². The number of hydrogen-bond acceptors (Lipinski definition) is 8. The highest BCUT2D eigenvalue weighted by atomic mass is 16.5. The first-order valence-electron chi connectivity index (χ1n) is 12.2. The molecule has 5 rings (SSSR count). The van der Waals surface area contributed by atoms with Gasteiger partial charge in [0.2, 0.25) is 5.95 Å². The third-order valence-electron chi connectivity index (χ3n) is 6.52. The second-order valence-corrected chi connectivity index (χ2v) is 8.77. The molecule has 0 fully saturated rings. The van der Waals surface area contributed by atoms with E-state index in [0.29, 0.717) is 46.0 Å². The third kappa shape index (κ3) is 4.84. The van der Waals surface area contributed by atoms with E-state index in [0.717, 1.165) is 16.9 Å². The highest BCUT2D eigenvalue weighted by molar-refractivity contribution is 6.06. The van der Waals surface area contributed by atoms with E-state index in [1.807, 2.05) is 61.5 Å². The van der Waals surface area contributed by atoms with Crippen LogP contribution in [0.2, 0.25) is 0 Å². The molecule has 2 N–H and O–H groups in total. The van der Waals surface area contributed by atoms with E-state index < -0.39 is 6.04 Å². The van der Waals surface area contributed by atoms with Crippen LogP contribution in [0.4, 0.5) is 11.6 Å². The van der Waals surface area contributed by atoms with Crippen LogP contribution in [-0.2, 0) is 4.79 Å². The van der Waals surface area contributed by atoms with Gasteiger partial charge in [-0.2, -0.15) is 4.98 Å². The van der Waals surface area contributed by atoms with Crippen molar-refractivity contribution in [1.29, 1.82) is 0 Å². The van der Waals surface area contributed by atoms with E-state index in [2.05, 4.69) is 10.6 Å². The quantitative estimate of drug-likeness (QED) is 0.333. The van der Waals surface area contributed by atoms with Crippen molar-refractivity contribution in [3.63, 3.8) is 0 Å². The first kappa shape index (κ1) is 25.7. The monoisotopic (exact) mass is 527 g/mol. The van der Waals surface area contributed by atoms with Crippen LogP contribution in [0.3, 0.4) is 0 Å². The van der Waals surface area contributed by atoms with Crippen LogP contribution in [0.15, 0.2) is 78.0 Å². The third-order valence-corrected chi connectivity index (χ3v) is 6.52. The number of nitrogens with zero attached hydrogens (tertiary/aromatic N) is 3. The predicted octanol–water partition coefficient (Wildman–Crippen LogP) is 4.91. The first-order chi connectivity index (χ1) is 19.0. The lowest BCUT2D eigenvalue weighted by Gasteiger charge is -2.29. The number of fused-ring (bicyclic) bond motifs is 1. The minimum Gasteiger partial charge on any atom is -0.497 e. The lowest BCUT2D eigenvalue weighted by Crippen LogP contribution is -2.31. The standard InChI is InChI=1S/C29H29N5O5/c1-17-25(28(35)31-21-8-6-7-9-22(21)37-3)26(19-12-15-23(38-4)24(16-19)39-5)34-29(30-17)32-27(33-34)18-10-13-20(36-2)14-11-18/h6-16,26H,1-5H3,(H,31,35)(H,30,32,33). The Morgan fingerprint density at radius 1 is 0.872 bits per heavy atom. The van der Waals surface area contributed by atoms with Gasteiger partial charge in [-0.05, 0) is 61.0 Å². The van der Waals surface area contributed by atoms with E-state index >= 15 is 0 Å². The fourth-order valence-electron chi connectivity index (χ4n) is 4.58. The van der Waals surface area contributed by atoms with Gasteiger partial charge in [0.05, 0.1) is 39.7 Å². The number of ether oxygens (including phenoxy) is 4. The van der Waals surface area contributed by atoms with Gasteiger partial charge < -0.3 is 29.6 Å². The molecule has 10 nitrogen and oxygen atoms in total. The summed E-state index contributed by atoms with van der Waals surface area (Å²) in [6.45, 7) is 1.84. The van der Waals surface area contributed by atoms with Gasteiger partial charge in [-0.3, -0.25) is 4.79 Å². The van der Waals surface area contributed by atoms with Gasteiger partial charge in [-0.25, -0.2) is 4.68 Å². The van der Waals surface area contributed by atoms with Crippen LogP contribution in [-0.4, -0.2) is 49.1 Å². The van der Waals surface area contributed by atoms with Crippen LogP contribution in [0.25, 0.3) is 11.4 Å². The molecule has 0 radical (unpaired) electrons. The molecule has 3 aromatic carbocycles. The summed E-state index contributed by atoms with van der Waals surface area (Å²) in [6, 6.07) is 19.7. The van der Waals surface area contributed by atoms with Gasteiger partial charge >= 0.3 is 0 Å². The van der Waals surface area contributed by atoms with Crippen molar-refractivity contribution in [1.82, 2.24) is 14.8 Å². The number of allylic oxidation sites excluding steroid dienone is 1. The Morgan fingerprint density at radius 2 is 1.59 bits per heavy atom. The summed E-state index contributed by atoms with van der Waals surface area (Å²) >= 11 is 0. The fourth-order valence-corrected chi connectivity index (χ4v) is 4.58. The van der Waals surface area contributed by atoms with Crippen LogP contribution >= 0.6 is 0 Å². The molecule has 39 heavy (non-hydrogen) atoms. The number of benzene rings is 3. The van der Waals surface area contributed by atoms with Crippen molar-refractivity contribution in [3.05, 3.63) is 83.6 Å². The van der Waals surface area contributed by atoms with E-state index in [1.54, 1.807) is 45.3 Å². The summed E-state index contributed by atoms with van der Waals surface area (Å²) in [5.41, 5.74) is 3.24. The van der Waals surface area contributed by atoms with Gasteiger partial charge in [-0.15, -0.1) is 5.10 Å². The van der Waals surface area contributed by atoms with Gasteiger partial charge in [-0.1, -0.05) is 18.2 Å². The number of hydrogen-bond donors (Lipinski definition) is 2. The van der Waals surface area contributed by atoms with Crippen molar-refractivity contribution in [2.24, 2.45) is 0 Å². The summed E-state index contributed by atoms with van der Waals surface area (Å²) in [5, 5.41) is 11.1. The molecule has 0 saturated heterocycles. The predicted molar refractivity (Wildman–Crippen MR) is 148 cm³/mol. The molecule has 1 aliphatic heterocycles. The normalized spacial score (nSPS) is 14.2. The number of amides is 1. The number of methoxy groups -OCH3 is 4. The zero-order valence-electron chi connectivity index (χ0n) is 22.3. The summed E-state index contributed by atoms with van der Waals surface area (Å²) in [7, 11) is 6.33. The molecule has 200 valence electrons. The molecular formula is C29H29N5O5. The van der Waals surface area contributed by atoms with Crippen LogP contribution in [0.5, 0.6) is 23.0 Å². The number of anilines is 2. The molecule has 1 unspecified atom stereocenters. The number of para-hydroxylation sites is 2. The second kappa shape index (κ2) is 10.8. The maximum atomic E-state index is 13.9. The van der Waals surface area contributed by atoms with Gasteiger partial charge in [0, 0.05) is 11.3 Å². The number of nitrogens with one attached hydrogen (secondary N) is 2. The highest BCUT2D eigenvalue weighted by Gasteiger charge is 2.35. The van der Waals surface area contributed by atoms with Crippen molar-refractivity contribution >= 4 is 17.5 Å². The molecule has 0 saturated carbocycles. The average molecular weight is 528 g/mol. The molecule has 4 aromatic rings. The number of carbonyl (C=O) groups is 1. The van der Waals surface area contributed by atoms with Crippen LogP contribution in [0, 0.1) is 0 Å². The van der Waals surface area contributed by atoms with E-state index in [1.165, 1.54) is 0 Å². The molecule has 10 heteroatoms. The molecule has 0 spiro atoms. The van der Waals surface area contributed by atoms with E-state index in [4.69, 9.17) is 29.0 Å². The van der Waals surface area contributed by atoms with Crippen molar-refractivity contribution in [2.75, 3.05) is 39.1 Å². The van der Waals surface area contributed by atoms with Gasteiger partial charge in [0.15, 0.2) is 17.3 Å². The Hall–Kier alpha value is -4.99. The minimum atomic E-state index is -0.615. The van der Waals surface area contributed by atoms with Crippen molar-refractivity contribution < 1.29 is 23.7 Å². The molecule has 2 heterocycles. The molecule has 0 aliphatic carbocycles. The van der Waals surface area contributed by atoms with E-state index in [-0.39, 0.29) is 5.91 Å². The van der Waals surface area contributed by atoms with Gasteiger partial charge in [0.1, 0.15) is 17.5 Å². The Balaban J connectivity index is 1.62. The molecule has 1 aliphatic rings. The zero-order chi connectivity index (χ0) is 27.5. The molecule has 1 aromatic heterocycles. The zero-order valence-corrected chi connectivity index (χ0v) is 22.3. The summed E-state index contributed by atoms with van der Waals surface area (Å²) < 4.78 is 23.4. The Bertz CT molecular complexity index is 1540. The maximum Gasteiger partial charge on any atom is 0.255 e. The highest BCUT2D eigenvalue weighted by Crippen LogP contribution is 2.40. The summed E-state index contributed by atoms with van der Waals surface area (Å²) in [4.78, 5) is 18.6. The SMILES string of the molecule is COc1ccc(-c2nc3n(n2)C(c2ccc(OC)c(OC)c2)C(C(=O)Nc2ccccc2OC)=C(C)N3)cc1. The Morgan fingerprint density at radius 3 is 2.28 bits per heavy atom. The first-order valence-corrected chi connectivity index (χ1v) is 12.2. The molecule has 1 atom stereocenters. The van der Waals surface area contributed by atoms with E-state index in [9.17, 15) is 4.79 Å². The smallest absolute Gasteiger partial charge is 0.255 e. The number of rotatable bonds is 8. The minimum absolute atomic E-state index is 0.309. The average Bonchev–Trinajstić information content (AvgIpc) is 3.39. The molecule has 0 bridgehead atoms. The van der Waals surface area contributed by atoms with Crippen LogP contribution < -0.4 is 29.6 Å². The fraction of sp³-hybridized carbons (Fsp3) is 0.207. The Kier molecular flexibility index (Phi) is 7.09. The maximum absolute atomic E-state index is 13.9. The summed E-state index contributed by atoms with van der Waals surface area (Å²) in [5.74, 6) is 3.10. The largest absolute Gasteiger partial charge is 0.497 e. The number of aromatic nitrogens is 3. The molecule has 1 amide bonds. The lowest BCUT2D eigenvalue weighted by molar-refractivity contribution is -0.113. The number of carbonyl (C=O) groups excluding carboxylic acids is 1. The Labute approximate surface area is 226 Å². The second-order valence-electron chi connectivity index (χ2n) is 8.77. The van der Waals surface area contributed by atoms with Gasteiger partial charge in [0.25, 0.3) is 5.91 Å². The molecular weight excluding hydrogens is 498 g/mol.